The van der Waals surface area contributed by atoms with Gasteiger partial charge >= 0.3 is 0 Å². The van der Waals surface area contributed by atoms with Crippen molar-refractivity contribution in [1.82, 2.24) is 4.90 Å². The standard InChI is InChI=1S/C5H13N.C4H8O3.C3H8/c1-5(2)6(3)4;5-3-1-7-2-4(3)6;1-3-2/h5H,1-4H3;3-6H,1-2H2;3H2,1-2H3. The van der Waals surface area contributed by atoms with Crippen molar-refractivity contribution in [2.45, 2.75) is 52.4 Å². The van der Waals surface area contributed by atoms with Crippen LogP contribution in [0.15, 0.2) is 0 Å². The highest BCUT2D eigenvalue weighted by atomic mass is 16.5. The summed E-state index contributed by atoms with van der Waals surface area (Å²) >= 11 is 0. The molecule has 2 atom stereocenters. The highest BCUT2D eigenvalue weighted by Gasteiger charge is 2.22. The first-order valence-corrected chi connectivity index (χ1v) is 5.97. The molecular formula is C12H29NO3. The van der Waals surface area contributed by atoms with Gasteiger partial charge in [0.15, 0.2) is 0 Å². The summed E-state index contributed by atoms with van der Waals surface area (Å²) in [4.78, 5) is 2.17. The number of nitrogens with zero attached hydrogens (tertiary/aromatic N) is 1. The molecule has 1 rings (SSSR count). The second kappa shape index (κ2) is 11.3. The molecule has 1 aliphatic heterocycles. The lowest BCUT2D eigenvalue weighted by Crippen LogP contribution is -2.22. The molecule has 4 heteroatoms. The molecule has 0 spiro atoms. The molecule has 0 aromatic carbocycles. The fourth-order valence-corrected chi connectivity index (χ4v) is 0.532. The molecule has 100 valence electrons. The van der Waals surface area contributed by atoms with Crippen molar-refractivity contribution in [1.29, 1.82) is 0 Å². The molecule has 0 bridgehead atoms. The molecule has 2 unspecified atom stereocenters. The largest absolute Gasteiger partial charge is 0.388 e. The Bertz CT molecular complexity index is 126. The Hall–Kier alpha value is -0.160. The highest BCUT2D eigenvalue weighted by Crippen LogP contribution is 2.02. The number of aliphatic hydroxyl groups excluding tert-OH is 2. The van der Waals surface area contributed by atoms with Crippen LogP contribution in [0, 0.1) is 0 Å². The van der Waals surface area contributed by atoms with Gasteiger partial charge in [-0.25, -0.2) is 0 Å². The van der Waals surface area contributed by atoms with Crippen molar-refractivity contribution < 1.29 is 14.9 Å². The Labute approximate surface area is 100 Å². The molecule has 1 aliphatic rings. The van der Waals surface area contributed by atoms with Gasteiger partial charge in [-0.15, -0.1) is 0 Å². The summed E-state index contributed by atoms with van der Waals surface area (Å²) in [6, 6.07) is 0.685. The third-order valence-corrected chi connectivity index (χ3v) is 2.05. The van der Waals surface area contributed by atoms with E-state index in [-0.39, 0.29) is 13.2 Å². The molecule has 4 nitrogen and oxygen atoms in total. The van der Waals surface area contributed by atoms with E-state index in [0.29, 0.717) is 6.04 Å². The fourth-order valence-electron chi connectivity index (χ4n) is 0.532. The zero-order valence-corrected chi connectivity index (χ0v) is 11.6. The lowest BCUT2D eigenvalue weighted by atomic mass is 10.3. The third kappa shape index (κ3) is 11.9. The molecule has 0 aromatic heterocycles. The minimum Gasteiger partial charge on any atom is -0.388 e. The third-order valence-electron chi connectivity index (χ3n) is 2.05. The summed E-state index contributed by atoms with van der Waals surface area (Å²) in [6.45, 7) is 9.14. The van der Waals surface area contributed by atoms with Gasteiger partial charge in [0, 0.05) is 6.04 Å². The summed E-state index contributed by atoms with van der Waals surface area (Å²) in [5, 5.41) is 17.2. The van der Waals surface area contributed by atoms with Crippen LogP contribution in [0.4, 0.5) is 0 Å². The van der Waals surface area contributed by atoms with Gasteiger partial charge in [0.05, 0.1) is 13.2 Å². The molecule has 0 aliphatic carbocycles. The lowest BCUT2D eigenvalue weighted by Gasteiger charge is -2.12. The van der Waals surface area contributed by atoms with Crippen LogP contribution in [0.2, 0.25) is 0 Å². The predicted octanol–water partition coefficient (Wildman–Crippen LogP) is 1.11. The van der Waals surface area contributed by atoms with Crippen molar-refractivity contribution >= 4 is 0 Å². The summed E-state index contributed by atoms with van der Waals surface area (Å²) < 4.78 is 4.67. The quantitative estimate of drug-likeness (QED) is 0.715. The maximum Gasteiger partial charge on any atom is 0.105 e. The van der Waals surface area contributed by atoms with Crippen molar-refractivity contribution in [2.24, 2.45) is 0 Å². The zero-order valence-electron chi connectivity index (χ0n) is 11.6. The SMILES string of the molecule is CC(C)N(C)C.CCC.OC1COCC1O. The van der Waals surface area contributed by atoms with Crippen LogP contribution < -0.4 is 0 Å². The van der Waals surface area contributed by atoms with Gasteiger partial charge in [-0.05, 0) is 27.9 Å². The van der Waals surface area contributed by atoms with Crippen LogP contribution in [0.1, 0.15) is 34.1 Å². The highest BCUT2D eigenvalue weighted by molar-refractivity contribution is 4.71. The van der Waals surface area contributed by atoms with Crippen LogP contribution >= 0.6 is 0 Å². The van der Waals surface area contributed by atoms with Crippen LogP contribution in [0.5, 0.6) is 0 Å². The van der Waals surface area contributed by atoms with Gasteiger partial charge in [0.2, 0.25) is 0 Å². The maximum atomic E-state index is 8.62. The number of hydrogen-bond donors (Lipinski definition) is 2. The van der Waals surface area contributed by atoms with E-state index in [2.05, 4.69) is 51.4 Å². The first-order valence-electron chi connectivity index (χ1n) is 5.97. The van der Waals surface area contributed by atoms with E-state index in [1.165, 1.54) is 6.42 Å². The van der Waals surface area contributed by atoms with Crippen molar-refractivity contribution in [3.8, 4) is 0 Å². The van der Waals surface area contributed by atoms with Crippen LogP contribution in [0.25, 0.3) is 0 Å². The Morgan fingerprint density at radius 1 is 1.12 bits per heavy atom. The van der Waals surface area contributed by atoms with Crippen molar-refractivity contribution in [3.63, 3.8) is 0 Å². The predicted molar refractivity (Wildman–Crippen MR) is 67.6 cm³/mol. The fraction of sp³-hybridized carbons (Fsp3) is 1.00. The van der Waals surface area contributed by atoms with Gasteiger partial charge in [-0.2, -0.15) is 0 Å². The Balaban J connectivity index is 0. The summed E-state index contributed by atoms with van der Waals surface area (Å²) in [7, 11) is 4.15. The second-order valence-electron chi connectivity index (χ2n) is 4.44. The molecule has 0 aromatic rings. The normalized spacial score (nSPS) is 23.6. The van der Waals surface area contributed by atoms with Gasteiger partial charge < -0.3 is 19.8 Å². The van der Waals surface area contributed by atoms with Crippen molar-refractivity contribution in [3.05, 3.63) is 0 Å². The van der Waals surface area contributed by atoms with Gasteiger partial charge in [-0.3, -0.25) is 0 Å². The number of aliphatic hydroxyl groups is 2. The molecule has 0 amide bonds. The Morgan fingerprint density at radius 3 is 1.44 bits per heavy atom. The van der Waals surface area contributed by atoms with E-state index in [4.69, 9.17) is 10.2 Å². The molecule has 1 heterocycles. The molecule has 0 saturated carbocycles. The zero-order chi connectivity index (χ0) is 13.1. The van der Waals surface area contributed by atoms with E-state index < -0.39 is 12.2 Å². The first-order chi connectivity index (χ1) is 7.36. The van der Waals surface area contributed by atoms with E-state index >= 15 is 0 Å². The van der Waals surface area contributed by atoms with Gasteiger partial charge in [0.25, 0.3) is 0 Å². The molecule has 0 radical (unpaired) electrons. The molecule has 16 heavy (non-hydrogen) atoms. The minimum atomic E-state index is -0.653. The topological polar surface area (TPSA) is 52.9 Å². The van der Waals surface area contributed by atoms with Crippen LogP contribution in [0.3, 0.4) is 0 Å². The van der Waals surface area contributed by atoms with E-state index in [1.807, 2.05) is 0 Å². The Morgan fingerprint density at radius 2 is 1.38 bits per heavy atom. The van der Waals surface area contributed by atoms with Crippen LogP contribution in [-0.4, -0.2) is 60.7 Å². The molecular weight excluding hydrogens is 206 g/mol. The average molecular weight is 235 g/mol. The van der Waals surface area contributed by atoms with E-state index in [1.54, 1.807) is 0 Å². The molecule has 2 N–H and O–H groups in total. The summed E-state index contributed by atoms with van der Waals surface area (Å²) in [5.74, 6) is 0. The van der Waals surface area contributed by atoms with Crippen LogP contribution in [-0.2, 0) is 4.74 Å². The number of hydrogen-bond acceptors (Lipinski definition) is 4. The van der Waals surface area contributed by atoms with E-state index in [9.17, 15) is 0 Å². The summed E-state index contributed by atoms with van der Waals surface area (Å²) in [6.07, 6.45) is -0.0556. The van der Waals surface area contributed by atoms with Gasteiger partial charge in [0.1, 0.15) is 12.2 Å². The van der Waals surface area contributed by atoms with Crippen molar-refractivity contribution in [2.75, 3.05) is 27.3 Å². The molecule has 1 fully saturated rings. The smallest absolute Gasteiger partial charge is 0.105 e. The van der Waals surface area contributed by atoms with E-state index in [0.717, 1.165) is 0 Å². The maximum absolute atomic E-state index is 8.62. The number of rotatable bonds is 1. The first kappa shape index (κ1) is 18.2. The Kier molecular flexibility index (Phi) is 12.9. The number of ether oxygens (including phenoxy) is 1. The van der Waals surface area contributed by atoms with Gasteiger partial charge in [-0.1, -0.05) is 20.3 Å². The molecule has 1 saturated heterocycles. The minimum absolute atomic E-state index is 0.279. The second-order valence-corrected chi connectivity index (χ2v) is 4.44. The average Bonchev–Trinajstić information content (AvgIpc) is 2.53. The lowest BCUT2D eigenvalue weighted by molar-refractivity contribution is 0.0572. The monoisotopic (exact) mass is 235 g/mol. The summed E-state index contributed by atoms with van der Waals surface area (Å²) in [5.41, 5.74) is 0.